The zero-order valence-corrected chi connectivity index (χ0v) is 19.5. The molecule has 0 saturated carbocycles. The number of nitrogens with zero attached hydrogens (tertiary/aromatic N) is 1. The number of fused-ring (bicyclic) bond motifs is 1. The summed E-state index contributed by atoms with van der Waals surface area (Å²) in [6.45, 7) is 4.75. The lowest BCUT2D eigenvalue weighted by Gasteiger charge is -2.12. The highest BCUT2D eigenvalue weighted by Crippen LogP contribution is 2.37. The number of thiophene rings is 1. The lowest BCUT2D eigenvalue weighted by atomic mass is 9.96. The van der Waals surface area contributed by atoms with Crippen LogP contribution in [-0.4, -0.2) is 17.6 Å². The van der Waals surface area contributed by atoms with E-state index < -0.39 is 0 Å². The van der Waals surface area contributed by atoms with Crippen molar-refractivity contribution in [1.82, 2.24) is 5.32 Å². The van der Waals surface area contributed by atoms with Crippen molar-refractivity contribution >= 4 is 55.5 Å². The van der Waals surface area contributed by atoms with Crippen LogP contribution in [0.5, 0.6) is 5.75 Å². The second-order valence-corrected chi connectivity index (χ2v) is 9.65. The topological polar surface area (TPSA) is 74.2 Å². The van der Waals surface area contributed by atoms with Gasteiger partial charge in [-0.05, 0) is 83.5 Å². The zero-order valence-electron chi connectivity index (χ0n) is 16.3. The standard InChI is InChI=1S/C21H22BrN3O2S2/c1-12(2)11-27-17-8-7-13(9-16(17)22)19(26)24-21(28)25-20-15(10-23)14-5-3-4-6-18(14)29-20/h7-9,12H,3-6,11H2,1-2H3,(H2,24,25,26,28). The molecule has 0 radical (unpaired) electrons. The molecule has 152 valence electrons. The molecule has 2 aromatic rings. The Balaban J connectivity index is 1.65. The molecular formula is C21H22BrN3O2S2. The Kier molecular flexibility index (Phi) is 7.28. The van der Waals surface area contributed by atoms with Gasteiger partial charge in [0.05, 0.1) is 16.6 Å². The van der Waals surface area contributed by atoms with Gasteiger partial charge in [-0.15, -0.1) is 11.3 Å². The van der Waals surface area contributed by atoms with E-state index in [1.54, 1.807) is 29.5 Å². The predicted octanol–water partition coefficient (Wildman–Crippen LogP) is 5.42. The highest BCUT2D eigenvalue weighted by Gasteiger charge is 2.21. The molecule has 8 heteroatoms. The molecule has 1 aliphatic carbocycles. The first kappa shape index (κ1) is 21.8. The summed E-state index contributed by atoms with van der Waals surface area (Å²) < 4.78 is 6.42. The van der Waals surface area contributed by atoms with Crippen LogP contribution in [0.25, 0.3) is 0 Å². The molecule has 2 N–H and O–H groups in total. The van der Waals surface area contributed by atoms with Crippen LogP contribution in [0, 0.1) is 17.2 Å². The average molecular weight is 492 g/mol. The summed E-state index contributed by atoms with van der Waals surface area (Å²) >= 11 is 10.3. The molecule has 0 spiro atoms. The van der Waals surface area contributed by atoms with E-state index in [0.29, 0.717) is 38.9 Å². The van der Waals surface area contributed by atoms with Gasteiger partial charge in [0, 0.05) is 10.4 Å². The number of nitriles is 1. The van der Waals surface area contributed by atoms with Crippen LogP contribution in [0.4, 0.5) is 5.00 Å². The summed E-state index contributed by atoms with van der Waals surface area (Å²) in [7, 11) is 0. The number of aryl methyl sites for hydroxylation is 1. The molecule has 29 heavy (non-hydrogen) atoms. The molecule has 0 bridgehead atoms. The third kappa shape index (κ3) is 5.35. The predicted molar refractivity (Wildman–Crippen MR) is 124 cm³/mol. The number of benzene rings is 1. The largest absolute Gasteiger partial charge is 0.492 e. The van der Waals surface area contributed by atoms with Gasteiger partial charge in [-0.1, -0.05) is 13.8 Å². The van der Waals surface area contributed by atoms with E-state index in [0.717, 1.165) is 31.2 Å². The van der Waals surface area contributed by atoms with Gasteiger partial charge < -0.3 is 10.1 Å². The van der Waals surface area contributed by atoms with Crippen LogP contribution in [0.1, 0.15) is 53.1 Å². The molecule has 0 unspecified atom stereocenters. The minimum Gasteiger partial charge on any atom is -0.492 e. The number of halogens is 1. The normalized spacial score (nSPS) is 12.8. The van der Waals surface area contributed by atoms with Crippen molar-refractivity contribution in [3.8, 4) is 11.8 Å². The van der Waals surface area contributed by atoms with E-state index in [1.807, 2.05) is 0 Å². The smallest absolute Gasteiger partial charge is 0.257 e. The molecule has 0 fully saturated rings. The van der Waals surface area contributed by atoms with Crippen LogP contribution in [-0.2, 0) is 12.8 Å². The van der Waals surface area contributed by atoms with Crippen LogP contribution < -0.4 is 15.4 Å². The third-order valence-corrected chi connectivity index (χ3v) is 6.53. The Morgan fingerprint density at radius 2 is 2.14 bits per heavy atom. The number of ether oxygens (including phenoxy) is 1. The van der Waals surface area contributed by atoms with Crippen molar-refractivity contribution in [1.29, 1.82) is 5.26 Å². The first-order valence-corrected chi connectivity index (χ1v) is 11.5. The Labute approximate surface area is 188 Å². The average Bonchev–Trinajstić information content (AvgIpc) is 3.03. The molecule has 3 rings (SSSR count). The van der Waals surface area contributed by atoms with Gasteiger partial charge in [-0.2, -0.15) is 5.26 Å². The number of carbonyl (C=O) groups excluding carboxylic acids is 1. The minimum absolute atomic E-state index is 0.182. The molecular weight excluding hydrogens is 470 g/mol. The van der Waals surface area contributed by atoms with Crippen molar-refractivity contribution in [3.05, 3.63) is 44.2 Å². The number of carbonyl (C=O) groups is 1. The van der Waals surface area contributed by atoms with E-state index in [1.165, 1.54) is 4.88 Å². The van der Waals surface area contributed by atoms with Gasteiger partial charge in [0.1, 0.15) is 16.8 Å². The second kappa shape index (κ2) is 9.70. The summed E-state index contributed by atoms with van der Waals surface area (Å²) in [6, 6.07) is 7.45. The zero-order chi connectivity index (χ0) is 21.0. The highest BCUT2D eigenvalue weighted by atomic mass is 79.9. The summed E-state index contributed by atoms with van der Waals surface area (Å²) in [5.74, 6) is 0.784. The number of hydrogen-bond acceptors (Lipinski definition) is 5. The fraction of sp³-hybridized carbons (Fsp3) is 0.381. The molecule has 1 aliphatic rings. The fourth-order valence-electron chi connectivity index (χ4n) is 3.10. The fourth-order valence-corrected chi connectivity index (χ4v) is 5.09. The van der Waals surface area contributed by atoms with Crippen molar-refractivity contribution in [3.63, 3.8) is 0 Å². The number of rotatable bonds is 5. The molecule has 0 atom stereocenters. The summed E-state index contributed by atoms with van der Waals surface area (Å²) in [6.07, 6.45) is 4.17. The molecule has 1 amide bonds. The molecule has 1 aromatic heterocycles. The van der Waals surface area contributed by atoms with E-state index >= 15 is 0 Å². The van der Waals surface area contributed by atoms with Crippen LogP contribution in [0.3, 0.4) is 0 Å². The van der Waals surface area contributed by atoms with Gasteiger partial charge in [-0.25, -0.2) is 0 Å². The monoisotopic (exact) mass is 491 g/mol. The van der Waals surface area contributed by atoms with E-state index in [9.17, 15) is 10.1 Å². The molecule has 0 saturated heterocycles. The molecule has 5 nitrogen and oxygen atoms in total. The van der Waals surface area contributed by atoms with Gasteiger partial charge in [0.25, 0.3) is 5.91 Å². The summed E-state index contributed by atoms with van der Waals surface area (Å²) in [5, 5.41) is 16.2. The second-order valence-electron chi connectivity index (χ2n) is 7.29. The SMILES string of the molecule is CC(C)COc1ccc(C(=O)NC(=S)Nc2sc3c(c2C#N)CCCC3)cc1Br. The van der Waals surface area contributed by atoms with Gasteiger partial charge in [-0.3, -0.25) is 10.1 Å². The molecule has 1 heterocycles. The van der Waals surface area contributed by atoms with Crippen molar-refractivity contribution in [2.45, 2.75) is 39.5 Å². The van der Waals surface area contributed by atoms with Crippen molar-refractivity contribution in [2.75, 3.05) is 11.9 Å². The summed E-state index contributed by atoms with van der Waals surface area (Å²) in [4.78, 5) is 13.8. The Hall–Kier alpha value is -1.95. The van der Waals surface area contributed by atoms with Gasteiger partial charge >= 0.3 is 0 Å². The maximum Gasteiger partial charge on any atom is 0.257 e. The highest BCUT2D eigenvalue weighted by molar-refractivity contribution is 9.10. The molecule has 1 aromatic carbocycles. The first-order valence-electron chi connectivity index (χ1n) is 9.48. The number of hydrogen-bond donors (Lipinski definition) is 2. The maximum atomic E-state index is 12.6. The van der Waals surface area contributed by atoms with E-state index in [4.69, 9.17) is 17.0 Å². The molecule has 0 aliphatic heterocycles. The van der Waals surface area contributed by atoms with Gasteiger partial charge in [0.15, 0.2) is 5.11 Å². The Morgan fingerprint density at radius 1 is 1.38 bits per heavy atom. The minimum atomic E-state index is -0.321. The Morgan fingerprint density at radius 3 is 2.83 bits per heavy atom. The number of anilines is 1. The number of amides is 1. The lowest BCUT2D eigenvalue weighted by molar-refractivity contribution is 0.0977. The summed E-state index contributed by atoms with van der Waals surface area (Å²) in [5.41, 5.74) is 2.24. The third-order valence-electron chi connectivity index (χ3n) is 4.50. The van der Waals surface area contributed by atoms with Crippen molar-refractivity contribution < 1.29 is 9.53 Å². The lowest BCUT2D eigenvalue weighted by Crippen LogP contribution is -2.34. The van der Waals surface area contributed by atoms with Crippen LogP contribution in [0.2, 0.25) is 0 Å². The number of nitrogens with one attached hydrogen (secondary N) is 2. The maximum absolute atomic E-state index is 12.6. The van der Waals surface area contributed by atoms with Gasteiger partial charge in [0.2, 0.25) is 0 Å². The quantitative estimate of drug-likeness (QED) is 0.545. The van der Waals surface area contributed by atoms with Crippen LogP contribution in [0.15, 0.2) is 22.7 Å². The van der Waals surface area contributed by atoms with Crippen molar-refractivity contribution in [2.24, 2.45) is 5.92 Å². The Bertz CT molecular complexity index is 979. The van der Waals surface area contributed by atoms with E-state index in [-0.39, 0.29) is 11.0 Å². The first-order chi connectivity index (χ1) is 13.9. The van der Waals surface area contributed by atoms with Crippen LogP contribution >= 0.6 is 39.5 Å². The van der Waals surface area contributed by atoms with E-state index in [2.05, 4.69) is 46.5 Å². The number of thiocarbonyl (C=S) groups is 1.